The van der Waals surface area contributed by atoms with Crippen molar-refractivity contribution < 1.29 is 13.9 Å². The van der Waals surface area contributed by atoms with Gasteiger partial charge in [-0.05, 0) is 4.57 Å². The van der Waals surface area contributed by atoms with Crippen molar-refractivity contribution in [2.45, 2.75) is 0 Å². The zero-order valence-corrected chi connectivity index (χ0v) is 4.14. The van der Waals surface area contributed by atoms with Crippen LogP contribution in [0.15, 0.2) is 0 Å². The molecule has 0 rings (SSSR count). The quantitative estimate of drug-likeness (QED) is 0.382. The Morgan fingerprint density at radius 2 is 2.33 bits per heavy atom. The molecule has 0 heterocycles. The molecule has 0 spiro atoms. The second kappa shape index (κ2) is 2.94. The summed E-state index contributed by atoms with van der Waals surface area (Å²) in [6.45, 7) is 0. The lowest BCUT2D eigenvalue weighted by Gasteiger charge is -1.57. The second-order valence-corrected chi connectivity index (χ2v) is 1.72. The molecular weight excluding hydrogens is 103 g/mol. The molecule has 0 aromatic rings. The fraction of sp³-hybridized carbons (Fsp3) is 0.500. The van der Waals surface area contributed by atoms with E-state index >= 15 is 0 Å². The van der Waals surface area contributed by atoms with Crippen molar-refractivity contribution in [1.29, 1.82) is 0 Å². The molecule has 0 aromatic carbocycles. The Morgan fingerprint density at radius 3 is 2.33 bits per heavy atom. The van der Waals surface area contributed by atoms with Gasteiger partial charge in [-0.1, -0.05) is 0 Å². The van der Waals surface area contributed by atoms with Gasteiger partial charge in [0.2, 0.25) is 0 Å². The average molecular weight is 107 g/mol. The first-order chi connectivity index (χ1) is 2.81. The third-order valence-corrected chi connectivity index (χ3v) is 0.798. The van der Waals surface area contributed by atoms with Gasteiger partial charge in [-0.15, -0.1) is 4.52 Å². The Hall–Kier alpha value is -0.270. The van der Waals surface area contributed by atoms with Gasteiger partial charge in [0.25, 0.3) is 0 Å². The van der Waals surface area contributed by atoms with Crippen LogP contribution in [0, 0.1) is 0 Å². The van der Waals surface area contributed by atoms with Crippen LogP contribution in [-0.2, 0) is 13.9 Å². The van der Waals surface area contributed by atoms with Gasteiger partial charge in [0, 0.05) is 0 Å². The molecule has 0 aliphatic rings. The third-order valence-electron chi connectivity index (χ3n) is 0.266. The van der Waals surface area contributed by atoms with Crippen LogP contribution in [0.2, 0.25) is 0 Å². The zero-order valence-electron chi connectivity index (χ0n) is 3.25. The van der Waals surface area contributed by atoms with Crippen LogP contribution < -0.4 is 0 Å². The van der Waals surface area contributed by atoms with E-state index in [0.29, 0.717) is 0 Å². The van der Waals surface area contributed by atoms with Gasteiger partial charge < -0.3 is 0 Å². The standard InChI is InChI=1S/C2H4O3P/c1-5-6(4)2-3/h2H,1H3/q+1. The van der Waals surface area contributed by atoms with Crippen molar-refractivity contribution in [2.75, 3.05) is 7.11 Å². The van der Waals surface area contributed by atoms with Crippen molar-refractivity contribution in [2.24, 2.45) is 0 Å². The van der Waals surface area contributed by atoms with Crippen LogP contribution >= 0.6 is 8.03 Å². The summed E-state index contributed by atoms with van der Waals surface area (Å²) in [7, 11) is -0.791. The molecule has 1 unspecified atom stereocenters. The minimum atomic E-state index is -2.01. The Labute approximate surface area is 36.2 Å². The van der Waals surface area contributed by atoms with Gasteiger partial charge in [0.15, 0.2) is 0 Å². The van der Waals surface area contributed by atoms with Crippen LogP contribution in [0.3, 0.4) is 0 Å². The van der Waals surface area contributed by atoms with Crippen LogP contribution in [0.4, 0.5) is 0 Å². The molecular formula is C2H4O3P+. The summed E-state index contributed by atoms with van der Waals surface area (Å²) in [5.41, 5.74) is 0. The molecule has 0 aliphatic carbocycles. The first kappa shape index (κ1) is 5.73. The molecule has 0 bridgehead atoms. The van der Waals surface area contributed by atoms with E-state index < -0.39 is 8.03 Å². The van der Waals surface area contributed by atoms with E-state index in [2.05, 4.69) is 4.52 Å². The van der Waals surface area contributed by atoms with Gasteiger partial charge in [0.1, 0.15) is 0 Å². The molecule has 4 heteroatoms. The molecule has 1 atom stereocenters. The lowest BCUT2D eigenvalue weighted by atomic mass is 11.8. The summed E-state index contributed by atoms with van der Waals surface area (Å²) in [4.78, 5) is 9.33. The number of hydrogen-bond acceptors (Lipinski definition) is 3. The topological polar surface area (TPSA) is 43.4 Å². The van der Waals surface area contributed by atoms with Crippen molar-refractivity contribution in [3.8, 4) is 0 Å². The number of carbonyl (C=O) groups excluding carboxylic acids is 1. The van der Waals surface area contributed by atoms with E-state index in [0.717, 1.165) is 0 Å². The summed E-state index contributed by atoms with van der Waals surface area (Å²) in [5.74, 6) is 0. The van der Waals surface area contributed by atoms with Crippen LogP contribution in [0.5, 0.6) is 0 Å². The summed E-state index contributed by atoms with van der Waals surface area (Å²) in [6, 6.07) is 0.259. The van der Waals surface area contributed by atoms with Crippen LogP contribution in [0.25, 0.3) is 0 Å². The smallest absolute Gasteiger partial charge is 0.240 e. The maximum Gasteiger partial charge on any atom is 0.583 e. The third kappa shape index (κ3) is 2.00. The van der Waals surface area contributed by atoms with Crippen molar-refractivity contribution >= 4 is 14.1 Å². The molecule has 6 heavy (non-hydrogen) atoms. The normalized spacial score (nSPS) is 10.5. The number of carbonyl (C=O) groups is 1. The fourth-order valence-corrected chi connectivity index (χ4v) is 0.129. The van der Waals surface area contributed by atoms with Crippen LogP contribution in [0.1, 0.15) is 0 Å². The van der Waals surface area contributed by atoms with E-state index in [1.165, 1.54) is 7.11 Å². The zero-order chi connectivity index (χ0) is 4.99. The molecule has 0 N–H and O–H groups in total. The Kier molecular flexibility index (Phi) is 2.81. The number of rotatable bonds is 2. The van der Waals surface area contributed by atoms with Gasteiger partial charge in [-0.2, -0.15) is 0 Å². The predicted octanol–water partition coefficient (Wildman–Crippen LogP) is 0.565. The van der Waals surface area contributed by atoms with Gasteiger partial charge in [-0.25, -0.2) is 4.79 Å². The molecule has 0 amide bonds. The largest absolute Gasteiger partial charge is 0.583 e. The molecule has 0 aliphatic heterocycles. The summed E-state index contributed by atoms with van der Waals surface area (Å²) >= 11 is 0. The lowest BCUT2D eigenvalue weighted by Crippen LogP contribution is -1.62. The Morgan fingerprint density at radius 1 is 1.83 bits per heavy atom. The van der Waals surface area contributed by atoms with Crippen LogP contribution in [-0.4, -0.2) is 13.1 Å². The van der Waals surface area contributed by atoms with E-state index in [4.69, 9.17) is 0 Å². The maximum absolute atomic E-state index is 9.74. The monoisotopic (exact) mass is 107 g/mol. The lowest BCUT2D eigenvalue weighted by molar-refractivity contribution is 0.421. The van der Waals surface area contributed by atoms with Crippen molar-refractivity contribution in [3.63, 3.8) is 0 Å². The van der Waals surface area contributed by atoms with Crippen molar-refractivity contribution in [3.05, 3.63) is 0 Å². The first-order valence-corrected chi connectivity index (χ1v) is 2.51. The molecule has 0 radical (unpaired) electrons. The number of hydrogen-bond donors (Lipinski definition) is 0. The average Bonchev–Trinajstić information content (AvgIpc) is 1.65. The maximum atomic E-state index is 9.74. The molecule has 3 nitrogen and oxygen atoms in total. The van der Waals surface area contributed by atoms with Gasteiger partial charge in [-0.3, -0.25) is 0 Å². The highest BCUT2D eigenvalue weighted by Crippen LogP contribution is 2.12. The minimum absolute atomic E-state index is 0.259. The molecule has 0 fully saturated rings. The Bertz CT molecular complexity index is 69.2. The van der Waals surface area contributed by atoms with Gasteiger partial charge >= 0.3 is 14.1 Å². The molecule has 0 saturated heterocycles. The fourth-order valence-electron chi connectivity index (χ4n) is 0.0430. The van der Waals surface area contributed by atoms with E-state index in [-0.39, 0.29) is 6.03 Å². The van der Waals surface area contributed by atoms with E-state index in [9.17, 15) is 9.36 Å². The van der Waals surface area contributed by atoms with Gasteiger partial charge in [0.05, 0.1) is 7.11 Å². The van der Waals surface area contributed by atoms with E-state index in [1.54, 1.807) is 0 Å². The second-order valence-electron chi connectivity index (χ2n) is 0.573. The molecule has 34 valence electrons. The first-order valence-electron chi connectivity index (χ1n) is 1.27. The molecule has 0 saturated carbocycles. The minimum Gasteiger partial charge on any atom is -0.240 e. The molecule has 0 aromatic heterocycles. The Balaban J connectivity index is 3.23. The summed E-state index contributed by atoms with van der Waals surface area (Å²) in [6.07, 6.45) is 0. The highest BCUT2D eigenvalue weighted by atomic mass is 31.1. The highest BCUT2D eigenvalue weighted by molar-refractivity contribution is 7.56. The predicted molar refractivity (Wildman–Crippen MR) is 21.4 cm³/mol. The highest BCUT2D eigenvalue weighted by Gasteiger charge is 2.08. The van der Waals surface area contributed by atoms with E-state index in [1.807, 2.05) is 0 Å². The summed E-state index contributed by atoms with van der Waals surface area (Å²) < 4.78 is 13.8. The SMILES string of the molecule is CO[P+](=O)C=O. The van der Waals surface area contributed by atoms with Crippen molar-refractivity contribution in [1.82, 2.24) is 0 Å². The summed E-state index contributed by atoms with van der Waals surface area (Å²) in [5, 5.41) is 0.